The lowest BCUT2D eigenvalue weighted by Crippen LogP contribution is -2.51. The first kappa shape index (κ1) is 34.0. The average Bonchev–Trinajstić information content (AvgIpc) is 3.65. The lowest BCUT2D eigenvalue weighted by atomic mass is 9.78. The Balaban J connectivity index is 1.06. The number of likely N-dealkylation sites (tertiary alicyclic amines) is 1. The number of anilines is 2. The van der Waals surface area contributed by atoms with Crippen LogP contribution < -0.4 is 16.0 Å². The third kappa shape index (κ3) is 6.86. The molecule has 0 bridgehead atoms. The first-order chi connectivity index (χ1) is 24.7. The number of nitrogens with one attached hydrogen (secondary N) is 3. The predicted molar refractivity (Wildman–Crippen MR) is 194 cm³/mol. The summed E-state index contributed by atoms with van der Waals surface area (Å²) in [7, 11) is 1.88. The highest BCUT2D eigenvalue weighted by atomic mass is 16.2. The van der Waals surface area contributed by atoms with Crippen LogP contribution in [-0.2, 0) is 56.9 Å². The van der Waals surface area contributed by atoms with Crippen molar-refractivity contribution in [1.82, 2.24) is 25.1 Å². The Morgan fingerprint density at radius 1 is 0.922 bits per heavy atom. The van der Waals surface area contributed by atoms with E-state index in [0.29, 0.717) is 63.2 Å². The second-order valence-corrected chi connectivity index (χ2v) is 14.3. The van der Waals surface area contributed by atoms with Crippen molar-refractivity contribution in [3.8, 4) is 0 Å². The molecule has 0 radical (unpaired) electrons. The van der Waals surface area contributed by atoms with Gasteiger partial charge < -0.3 is 25.8 Å². The summed E-state index contributed by atoms with van der Waals surface area (Å²) in [6.07, 6.45) is 7.43. The highest BCUT2D eigenvalue weighted by molar-refractivity contribution is 6.06. The normalized spacial score (nSPS) is 18.5. The third-order valence-electron chi connectivity index (χ3n) is 10.8. The molecule has 1 spiro atoms. The maximum absolute atomic E-state index is 14.5. The van der Waals surface area contributed by atoms with Gasteiger partial charge in [0.1, 0.15) is 12.4 Å². The van der Waals surface area contributed by atoms with Crippen LogP contribution in [0.15, 0.2) is 85.3 Å². The topological polar surface area (TPSA) is 137 Å². The van der Waals surface area contributed by atoms with Gasteiger partial charge in [0, 0.05) is 61.4 Å². The molecular weight excluding hydrogens is 642 g/mol. The fraction of sp³-hybridized carbons (Fsp3) is 0.350. The number of carbonyl (C=O) groups excluding carboxylic acids is 4. The Hall–Kier alpha value is -5.42. The molecule has 4 heterocycles. The lowest BCUT2D eigenvalue weighted by molar-refractivity contribution is -0.149. The van der Waals surface area contributed by atoms with Gasteiger partial charge in [-0.15, -0.1) is 0 Å². The number of benzene rings is 2. The molecule has 1 atom stereocenters. The van der Waals surface area contributed by atoms with E-state index in [9.17, 15) is 19.2 Å². The standard InChI is InChI=1S/C40H43N7O4/c1-39(13-18-46(19-14-39)35(49)20-27-11-16-42-17-12-27)38(51)47(25-30-7-4-3-6-29(30)24-41-2)26-34(48)44-32-10-9-28-22-40(23-31(28)21-32)33-8-5-15-43-36(33)45-37(40)50/h3-12,15-17,21,41H,13-14,18-20,22-26H2,1-2H3,(H,44,48)(H,43,45,50)/t40-/m1/s1. The zero-order chi connectivity index (χ0) is 35.6. The summed E-state index contributed by atoms with van der Waals surface area (Å²) in [6.45, 7) is 3.67. The number of rotatable bonds is 10. The van der Waals surface area contributed by atoms with Crippen LogP contribution in [0.2, 0.25) is 0 Å². The van der Waals surface area contributed by atoms with Gasteiger partial charge in [0.05, 0.1) is 11.8 Å². The summed E-state index contributed by atoms with van der Waals surface area (Å²) in [6, 6.07) is 21.2. The summed E-state index contributed by atoms with van der Waals surface area (Å²) in [5, 5.41) is 9.18. The Kier molecular flexibility index (Phi) is 9.39. The summed E-state index contributed by atoms with van der Waals surface area (Å²) in [4.78, 5) is 66.4. The smallest absolute Gasteiger partial charge is 0.244 e. The average molecular weight is 686 g/mol. The highest BCUT2D eigenvalue weighted by Gasteiger charge is 2.51. The quantitative estimate of drug-likeness (QED) is 0.230. The molecule has 1 fully saturated rings. The van der Waals surface area contributed by atoms with Gasteiger partial charge in [0.2, 0.25) is 23.6 Å². The Morgan fingerprint density at radius 3 is 2.43 bits per heavy atom. The molecule has 3 N–H and O–H groups in total. The maximum atomic E-state index is 14.5. The van der Waals surface area contributed by atoms with Crippen molar-refractivity contribution in [1.29, 1.82) is 0 Å². The molecule has 3 aliphatic rings. The van der Waals surface area contributed by atoms with Gasteiger partial charge in [-0.2, -0.15) is 0 Å². The molecule has 11 nitrogen and oxygen atoms in total. The Bertz CT molecular complexity index is 1970. The summed E-state index contributed by atoms with van der Waals surface area (Å²) >= 11 is 0. The van der Waals surface area contributed by atoms with Crippen molar-refractivity contribution in [3.63, 3.8) is 0 Å². The molecule has 2 aromatic heterocycles. The van der Waals surface area contributed by atoms with Gasteiger partial charge in [-0.1, -0.05) is 43.3 Å². The van der Waals surface area contributed by atoms with Gasteiger partial charge in [-0.05, 0) is 90.9 Å². The fourth-order valence-corrected chi connectivity index (χ4v) is 7.83. The molecule has 1 saturated heterocycles. The van der Waals surface area contributed by atoms with E-state index in [1.807, 2.05) is 85.6 Å². The van der Waals surface area contributed by atoms with E-state index in [1.54, 1.807) is 23.5 Å². The zero-order valence-electron chi connectivity index (χ0n) is 29.1. The molecule has 2 aliphatic heterocycles. The van der Waals surface area contributed by atoms with E-state index in [-0.39, 0.29) is 36.7 Å². The second-order valence-electron chi connectivity index (χ2n) is 14.3. The van der Waals surface area contributed by atoms with Crippen LogP contribution in [0.25, 0.3) is 0 Å². The van der Waals surface area contributed by atoms with Crippen LogP contribution in [0, 0.1) is 5.41 Å². The molecule has 0 saturated carbocycles. The first-order valence-electron chi connectivity index (χ1n) is 17.5. The van der Waals surface area contributed by atoms with Crippen LogP contribution in [-0.4, -0.2) is 70.1 Å². The Labute approximate surface area is 297 Å². The number of nitrogens with zero attached hydrogens (tertiary/aromatic N) is 4. The van der Waals surface area contributed by atoms with Crippen molar-refractivity contribution < 1.29 is 19.2 Å². The minimum Gasteiger partial charge on any atom is -0.342 e. The van der Waals surface area contributed by atoms with Crippen molar-refractivity contribution >= 4 is 35.1 Å². The second kappa shape index (κ2) is 14.1. The maximum Gasteiger partial charge on any atom is 0.244 e. The van der Waals surface area contributed by atoms with Crippen molar-refractivity contribution in [2.24, 2.45) is 5.41 Å². The molecule has 51 heavy (non-hydrogen) atoms. The largest absolute Gasteiger partial charge is 0.342 e. The Morgan fingerprint density at radius 2 is 1.67 bits per heavy atom. The van der Waals surface area contributed by atoms with Gasteiger partial charge in [0.25, 0.3) is 0 Å². The number of pyridine rings is 2. The van der Waals surface area contributed by atoms with Crippen molar-refractivity contribution in [2.45, 2.75) is 57.5 Å². The van der Waals surface area contributed by atoms with E-state index in [2.05, 4.69) is 25.9 Å². The minimum absolute atomic E-state index is 0.0302. The number of piperidine rings is 1. The van der Waals surface area contributed by atoms with Crippen LogP contribution >= 0.6 is 0 Å². The van der Waals surface area contributed by atoms with Gasteiger partial charge >= 0.3 is 0 Å². The molecule has 4 amide bonds. The van der Waals surface area contributed by atoms with E-state index in [1.165, 1.54) is 0 Å². The lowest BCUT2D eigenvalue weighted by Gasteiger charge is -2.41. The number of fused-ring (bicyclic) bond motifs is 3. The fourth-order valence-electron chi connectivity index (χ4n) is 7.83. The monoisotopic (exact) mass is 685 g/mol. The SMILES string of the molecule is CNCc1ccccc1CN(CC(=O)Nc1ccc2c(c1)C[C@@]1(C2)C(=O)Nc2ncccc21)C(=O)C1(C)CCN(C(=O)Cc2ccncc2)CC1. The number of amides is 4. The van der Waals surface area contributed by atoms with E-state index in [4.69, 9.17) is 0 Å². The molecule has 1 aliphatic carbocycles. The molecule has 4 aromatic rings. The minimum atomic E-state index is -0.736. The molecule has 262 valence electrons. The van der Waals surface area contributed by atoms with Crippen LogP contribution in [0.4, 0.5) is 11.5 Å². The highest BCUT2D eigenvalue weighted by Crippen LogP contribution is 2.47. The van der Waals surface area contributed by atoms with Crippen LogP contribution in [0.3, 0.4) is 0 Å². The summed E-state index contributed by atoms with van der Waals surface area (Å²) in [5.41, 5.74) is 5.09. The van der Waals surface area contributed by atoms with Gasteiger partial charge in [-0.3, -0.25) is 24.2 Å². The van der Waals surface area contributed by atoms with Gasteiger partial charge in [-0.25, -0.2) is 4.98 Å². The molecule has 7 rings (SSSR count). The van der Waals surface area contributed by atoms with Crippen molar-refractivity contribution in [2.75, 3.05) is 37.3 Å². The zero-order valence-corrected chi connectivity index (χ0v) is 29.1. The van der Waals surface area contributed by atoms with Crippen LogP contribution in [0.5, 0.6) is 0 Å². The molecule has 11 heteroatoms. The number of hydrogen-bond acceptors (Lipinski definition) is 7. The molecule has 2 aromatic carbocycles. The summed E-state index contributed by atoms with van der Waals surface area (Å²) < 4.78 is 0. The van der Waals surface area contributed by atoms with Crippen molar-refractivity contribution in [3.05, 3.63) is 119 Å². The van der Waals surface area contributed by atoms with E-state index in [0.717, 1.165) is 33.4 Å². The third-order valence-corrected chi connectivity index (χ3v) is 10.8. The van der Waals surface area contributed by atoms with E-state index >= 15 is 0 Å². The van der Waals surface area contributed by atoms with E-state index < -0.39 is 10.8 Å². The molecule has 0 unspecified atom stereocenters. The number of hydrogen-bond donors (Lipinski definition) is 3. The number of carbonyl (C=O) groups is 4. The molecular formula is C40H43N7O4. The summed E-state index contributed by atoms with van der Waals surface area (Å²) in [5.74, 6) is 0.184. The first-order valence-corrected chi connectivity index (χ1v) is 17.5. The van der Waals surface area contributed by atoms with Gasteiger partial charge in [0.15, 0.2) is 0 Å². The predicted octanol–water partition coefficient (Wildman–Crippen LogP) is 4.02. The van der Waals surface area contributed by atoms with Crippen LogP contribution in [0.1, 0.15) is 53.1 Å². The number of aromatic nitrogens is 2.